The number of pyridine rings is 1. The van der Waals surface area contributed by atoms with Gasteiger partial charge in [-0.25, -0.2) is 4.79 Å². The zero-order valence-electron chi connectivity index (χ0n) is 19.4. The molecule has 2 heterocycles. The largest absolute Gasteiger partial charge is 0.497 e. The number of carboxylic acid groups (broad SMARTS) is 1. The van der Waals surface area contributed by atoms with Gasteiger partial charge in [0.2, 0.25) is 5.91 Å². The number of carbonyl (C=O) groups excluding carboxylic acids is 2. The molecule has 2 amide bonds. The summed E-state index contributed by atoms with van der Waals surface area (Å²) in [5.41, 5.74) is 6.77. The SMILES string of the molecule is COc1ccc(CC(NC(=O)c2ccc(C(=N)N)cn2)C(=O)N2CCC(OCC(=O)O)CC2)cc1. The Kier molecular flexibility index (Phi) is 8.74. The van der Waals surface area contributed by atoms with Crippen molar-refractivity contribution in [1.29, 1.82) is 5.41 Å². The highest BCUT2D eigenvalue weighted by atomic mass is 16.5. The van der Waals surface area contributed by atoms with Crippen LogP contribution in [0.25, 0.3) is 0 Å². The molecule has 1 aliphatic rings. The van der Waals surface area contributed by atoms with Gasteiger partial charge in [-0.2, -0.15) is 0 Å². The third kappa shape index (κ3) is 7.24. The molecule has 1 atom stereocenters. The van der Waals surface area contributed by atoms with Crippen LogP contribution in [-0.4, -0.2) is 77.6 Å². The van der Waals surface area contributed by atoms with E-state index in [1.165, 1.54) is 18.3 Å². The quantitative estimate of drug-likeness (QED) is 0.284. The third-order valence-corrected chi connectivity index (χ3v) is 5.71. The Morgan fingerprint density at radius 3 is 2.43 bits per heavy atom. The molecule has 11 nitrogen and oxygen atoms in total. The lowest BCUT2D eigenvalue weighted by molar-refractivity contribution is -0.147. The van der Waals surface area contributed by atoms with Crippen LogP contribution in [0.15, 0.2) is 42.6 Å². The maximum atomic E-state index is 13.4. The van der Waals surface area contributed by atoms with E-state index in [0.29, 0.717) is 37.2 Å². The molecule has 11 heteroatoms. The van der Waals surface area contributed by atoms with Crippen molar-refractivity contribution in [2.75, 3.05) is 26.8 Å². The standard InChI is InChI=1S/C24H29N5O6/c1-34-17-5-2-15(3-6-17)12-20(28-23(32)19-7-4-16(13-27-19)22(25)26)24(33)29-10-8-18(9-11-29)35-14-21(30)31/h2-7,13,18,20H,8-12,14H2,1H3,(H3,25,26)(H,28,32)(H,30,31). The number of carboxylic acids is 1. The minimum atomic E-state index is -1.03. The van der Waals surface area contributed by atoms with Crippen LogP contribution in [0.5, 0.6) is 5.75 Å². The van der Waals surface area contributed by atoms with Crippen molar-refractivity contribution in [1.82, 2.24) is 15.2 Å². The van der Waals surface area contributed by atoms with Gasteiger partial charge in [-0.1, -0.05) is 12.1 Å². The maximum absolute atomic E-state index is 13.4. The molecule has 3 rings (SSSR count). The highest BCUT2D eigenvalue weighted by Crippen LogP contribution is 2.18. The number of benzene rings is 1. The van der Waals surface area contributed by atoms with Crippen LogP contribution in [-0.2, 0) is 20.7 Å². The molecule has 1 aromatic carbocycles. The summed E-state index contributed by atoms with van der Waals surface area (Å²) in [6, 6.07) is 9.35. The number of amidine groups is 1. The van der Waals surface area contributed by atoms with Gasteiger partial charge in [-0.3, -0.25) is 20.0 Å². The molecule has 5 N–H and O–H groups in total. The Bertz CT molecular complexity index is 1050. The van der Waals surface area contributed by atoms with Crippen LogP contribution in [0.2, 0.25) is 0 Å². The molecule has 0 bridgehead atoms. The monoisotopic (exact) mass is 483 g/mol. The number of hydrogen-bond acceptors (Lipinski definition) is 7. The van der Waals surface area contributed by atoms with Crippen molar-refractivity contribution in [3.05, 3.63) is 59.4 Å². The minimum absolute atomic E-state index is 0.100. The van der Waals surface area contributed by atoms with E-state index in [2.05, 4.69) is 10.3 Å². The number of aromatic nitrogens is 1. The lowest BCUT2D eigenvalue weighted by Crippen LogP contribution is -2.52. The number of nitrogens with zero attached hydrogens (tertiary/aromatic N) is 2. The maximum Gasteiger partial charge on any atom is 0.329 e. The van der Waals surface area contributed by atoms with Crippen LogP contribution < -0.4 is 15.8 Å². The number of likely N-dealkylation sites (tertiary alicyclic amines) is 1. The number of aliphatic carboxylic acids is 1. The number of ether oxygens (including phenoxy) is 2. The predicted molar refractivity (Wildman–Crippen MR) is 126 cm³/mol. The second-order valence-electron chi connectivity index (χ2n) is 8.15. The molecule has 1 fully saturated rings. The van der Waals surface area contributed by atoms with E-state index < -0.39 is 17.9 Å². The molecule has 35 heavy (non-hydrogen) atoms. The minimum Gasteiger partial charge on any atom is -0.497 e. The first-order chi connectivity index (χ1) is 16.8. The van der Waals surface area contributed by atoms with Crippen LogP contribution in [0.4, 0.5) is 0 Å². The van der Waals surface area contributed by atoms with Crippen molar-refractivity contribution in [3.8, 4) is 5.75 Å². The second-order valence-corrected chi connectivity index (χ2v) is 8.15. The fourth-order valence-electron chi connectivity index (χ4n) is 3.77. The number of carbonyl (C=O) groups is 3. The van der Waals surface area contributed by atoms with Crippen molar-refractivity contribution in [3.63, 3.8) is 0 Å². The fraction of sp³-hybridized carbons (Fsp3) is 0.375. The number of nitrogen functional groups attached to an aromatic ring is 1. The summed E-state index contributed by atoms with van der Waals surface area (Å²) < 4.78 is 10.5. The summed E-state index contributed by atoms with van der Waals surface area (Å²) in [5.74, 6) is -1.28. The summed E-state index contributed by atoms with van der Waals surface area (Å²) in [5, 5.41) is 19.0. The number of methoxy groups -OCH3 is 1. The molecule has 0 radical (unpaired) electrons. The van der Waals surface area contributed by atoms with Gasteiger partial charge in [-0.15, -0.1) is 0 Å². The van der Waals surface area contributed by atoms with E-state index >= 15 is 0 Å². The van der Waals surface area contributed by atoms with E-state index in [0.717, 1.165) is 5.56 Å². The van der Waals surface area contributed by atoms with Crippen LogP contribution >= 0.6 is 0 Å². The van der Waals surface area contributed by atoms with E-state index in [9.17, 15) is 14.4 Å². The van der Waals surface area contributed by atoms with Crippen LogP contribution in [0.3, 0.4) is 0 Å². The van der Waals surface area contributed by atoms with Gasteiger partial charge in [-0.05, 0) is 42.7 Å². The molecule has 186 valence electrons. The van der Waals surface area contributed by atoms with Crippen molar-refractivity contribution >= 4 is 23.6 Å². The number of piperidine rings is 1. The summed E-state index contributed by atoms with van der Waals surface area (Å²) in [7, 11) is 1.57. The van der Waals surface area contributed by atoms with Crippen molar-refractivity contribution in [2.24, 2.45) is 5.73 Å². The lowest BCUT2D eigenvalue weighted by Gasteiger charge is -2.34. The van der Waals surface area contributed by atoms with E-state index in [1.54, 1.807) is 24.1 Å². The number of nitrogens with one attached hydrogen (secondary N) is 2. The zero-order valence-corrected chi connectivity index (χ0v) is 19.4. The summed E-state index contributed by atoms with van der Waals surface area (Å²) in [6.45, 7) is 0.414. The molecule has 0 aliphatic carbocycles. The van der Waals surface area contributed by atoms with E-state index in [4.69, 9.17) is 25.7 Å². The molecule has 0 spiro atoms. The second kappa shape index (κ2) is 11.9. The fourth-order valence-corrected chi connectivity index (χ4v) is 3.77. The molecule has 1 aliphatic heterocycles. The van der Waals surface area contributed by atoms with Gasteiger partial charge in [0.1, 0.15) is 29.9 Å². The molecule has 2 aromatic rings. The van der Waals surface area contributed by atoms with E-state index in [-0.39, 0.29) is 36.6 Å². The first kappa shape index (κ1) is 25.6. The van der Waals surface area contributed by atoms with Gasteiger partial charge >= 0.3 is 5.97 Å². The molecule has 0 saturated carbocycles. The molecule has 1 unspecified atom stereocenters. The summed E-state index contributed by atoms with van der Waals surface area (Å²) in [6.07, 6.45) is 2.38. The first-order valence-electron chi connectivity index (χ1n) is 11.1. The Morgan fingerprint density at radius 2 is 1.89 bits per heavy atom. The zero-order chi connectivity index (χ0) is 25.4. The topological polar surface area (TPSA) is 168 Å². The molecular weight excluding hydrogens is 454 g/mol. The van der Waals surface area contributed by atoms with Crippen LogP contribution in [0.1, 0.15) is 34.5 Å². The summed E-state index contributed by atoms with van der Waals surface area (Å²) >= 11 is 0. The van der Waals surface area contributed by atoms with E-state index in [1.807, 2.05) is 12.1 Å². The average Bonchev–Trinajstić information content (AvgIpc) is 2.87. The number of rotatable bonds is 10. The first-order valence-corrected chi connectivity index (χ1v) is 11.1. The van der Waals surface area contributed by atoms with Gasteiger partial charge in [0, 0.05) is 31.3 Å². The van der Waals surface area contributed by atoms with Crippen molar-refractivity contribution < 1.29 is 29.0 Å². The highest BCUT2D eigenvalue weighted by Gasteiger charge is 2.30. The van der Waals surface area contributed by atoms with Gasteiger partial charge in [0.25, 0.3) is 5.91 Å². The smallest absolute Gasteiger partial charge is 0.329 e. The molecule has 1 saturated heterocycles. The Morgan fingerprint density at radius 1 is 1.20 bits per heavy atom. The lowest BCUT2D eigenvalue weighted by atomic mass is 10.0. The number of hydrogen-bond donors (Lipinski definition) is 4. The van der Waals surface area contributed by atoms with Gasteiger partial charge in [0.05, 0.1) is 13.2 Å². The Balaban J connectivity index is 1.71. The highest BCUT2D eigenvalue weighted by molar-refractivity contribution is 5.98. The number of amides is 2. The average molecular weight is 484 g/mol. The Hall–Kier alpha value is -3.99. The summed E-state index contributed by atoms with van der Waals surface area (Å²) in [4.78, 5) is 42.7. The third-order valence-electron chi connectivity index (χ3n) is 5.71. The van der Waals surface area contributed by atoms with Crippen molar-refractivity contribution in [2.45, 2.75) is 31.4 Å². The van der Waals surface area contributed by atoms with Gasteiger partial charge < -0.3 is 30.5 Å². The van der Waals surface area contributed by atoms with Crippen LogP contribution in [0, 0.1) is 5.41 Å². The molecular formula is C24H29N5O6. The molecule has 1 aromatic heterocycles. The van der Waals surface area contributed by atoms with Gasteiger partial charge in [0.15, 0.2) is 0 Å². The predicted octanol–water partition coefficient (Wildman–Crippen LogP) is 0.808. The Labute approximate surface area is 202 Å². The number of nitrogens with two attached hydrogens (primary N) is 1. The normalized spacial score (nSPS) is 14.7.